The zero-order valence-electron chi connectivity index (χ0n) is 15.3. The Bertz CT molecular complexity index is 1130. The molecular weight excluding hydrogens is 394 g/mol. The van der Waals surface area contributed by atoms with Crippen LogP contribution in [0.1, 0.15) is 16.4 Å². The Morgan fingerprint density at radius 3 is 1.82 bits per heavy atom. The smallest absolute Gasteiger partial charge is 0.223 e. The van der Waals surface area contributed by atoms with Crippen molar-refractivity contribution in [1.29, 1.82) is 0 Å². The molecule has 0 radical (unpaired) electrons. The first-order valence-corrected chi connectivity index (χ1v) is 11.7. The fourth-order valence-corrected chi connectivity index (χ4v) is 5.67. The third kappa shape index (κ3) is 4.49. The van der Waals surface area contributed by atoms with Crippen LogP contribution in [0.15, 0.2) is 94.7 Å². The van der Waals surface area contributed by atoms with Crippen LogP contribution >= 0.6 is 0 Å². The summed E-state index contributed by atoms with van der Waals surface area (Å²) in [4.78, 5) is 0.250. The van der Waals surface area contributed by atoms with Gasteiger partial charge in [-0.15, -0.1) is 0 Å². The highest BCUT2D eigenvalue weighted by Gasteiger charge is 2.30. The summed E-state index contributed by atoms with van der Waals surface area (Å²) in [5.74, 6) is 0. The zero-order chi connectivity index (χ0) is 20.2. The van der Waals surface area contributed by atoms with E-state index in [-0.39, 0.29) is 16.3 Å². The third-order valence-electron chi connectivity index (χ3n) is 4.41. The van der Waals surface area contributed by atoms with Gasteiger partial charge in [0.1, 0.15) is 5.25 Å². The van der Waals surface area contributed by atoms with E-state index in [1.54, 1.807) is 60.7 Å². The second-order valence-corrected chi connectivity index (χ2v) is 10.3. The van der Waals surface area contributed by atoms with Gasteiger partial charge in [-0.2, -0.15) is 0 Å². The number of aryl methyl sites for hydroxylation is 1. The minimum absolute atomic E-state index is 0.0991. The normalized spacial score (nSPS) is 13.2. The summed E-state index contributed by atoms with van der Waals surface area (Å²) in [5.41, 5.74) is 1.46. The maximum atomic E-state index is 13.2. The van der Waals surface area contributed by atoms with Crippen LogP contribution in [0.3, 0.4) is 0 Å². The van der Waals surface area contributed by atoms with Crippen molar-refractivity contribution in [1.82, 2.24) is 4.72 Å². The first kappa shape index (κ1) is 20.3. The molecule has 0 heterocycles. The Morgan fingerprint density at radius 2 is 1.25 bits per heavy atom. The van der Waals surface area contributed by atoms with Crippen LogP contribution < -0.4 is 4.72 Å². The van der Waals surface area contributed by atoms with E-state index in [2.05, 4.69) is 4.72 Å². The SMILES string of the molecule is Cc1ccc(S(=O)(=O)NC[C@H](c2ccccc2)S(=O)(=O)c2ccccc2)cc1. The molecule has 3 aromatic rings. The molecule has 0 bridgehead atoms. The van der Waals surface area contributed by atoms with Crippen molar-refractivity contribution >= 4 is 19.9 Å². The molecule has 146 valence electrons. The first-order chi connectivity index (χ1) is 13.3. The summed E-state index contributed by atoms with van der Waals surface area (Å²) in [6, 6.07) is 23.1. The topological polar surface area (TPSA) is 80.3 Å². The van der Waals surface area contributed by atoms with E-state index in [4.69, 9.17) is 0 Å². The lowest BCUT2D eigenvalue weighted by atomic mass is 10.1. The van der Waals surface area contributed by atoms with Crippen molar-refractivity contribution in [2.45, 2.75) is 22.0 Å². The van der Waals surface area contributed by atoms with Crippen LogP contribution in [0.5, 0.6) is 0 Å². The maximum absolute atomic E-state index is 13.2. The highest BCUT2D eigenvalue weighted by Crippen LogP contribution is 2.28. The molecule has 0 aliphatic carbocycles. The predicted molar refractivity (Wildman–Crippen MR) is 109 cm³/mol. The summed E-state index contributed by atoms with van der Waals surface area (Å²) < 4.78 is 54.1. The quantitative estimate of drug-likeness (QED) is 0.641. The van der Waals surface area contributed by atoms with Crippen LogP contribution in [0.2, 0.25) is 0 Å². The molecule has 0 aliphatic heterocycles. The van der Waals surface area contributed by atoms with Crippen molar-refractivity contribution in [3.63, 3.8) is 0 Å². The van der Waals surface area contributed by atoms with Gasteiger partial charge < -0.3 is 0 Å². The Kier molecular flexibility index (Phi) is 5.98. The standard InChI is InChI=1S/C21H21NO4S2/c1-17-12-14-20(15-13-17)28(25,26)22-16-21(18-8-4-2-5-9-18)27(23,24)19-10-6-3-7-11-19/h2-15,21-22H,16H2,1H3/t21-/m1/s1. The number of hydrogen-bond acceptors (Lipinski definition) is 4. The summed E-state index contributed by atoms with van der Waals surface area (Å²) in [7, 11) is -7.63. The van der Waals surface area contributed by atoms with Gasteiger partial charge in [0.25, 0.3) is 0 Å². The molecule has 0 saturated heterocycles. The Labute approximate surface area is 166 Å². The molecule has 5 nitrogen and oxygen atoms in total. The molecule has 0 amide bonds. The Balaban J connectivity index is 1.94. The molecule has 1 atom stereocenters. The largest absolute Gasteiger partial charge is 0.240 e. The summed E-state index contributed by atoms with van der Waals surface area (Å²) in [6.07, 6.45) is 0. The number of sulfone groups is 1. The molecule has 0 saturated carbocycles. The molecule has 28 heavy (non-hydrogen) atoms. The van der Waals surface area contributed by atoms with Crippen molar-refractivity contribution in [3.05, 3.63) is 96.1 Å². The van der Waals surface area contributed by atoms with Crippen LogP contribution in [0, 0.1) is 6.92 Å². The van der Waals surface area contributed by atoms with Crippen LogP contribution in [0.4, 0.5) is 0 Å². The van der Waals surface area contributed by atoms with Gasteiger partial charge in [0.15, 0.2) is 9.84 Å². The molecule has 7 heteroatoms. The first-order valence-electron chi connectivity index (χ1n) is 8.71. The fraction of sp³-hybridized carbons (Fsp3) is 0.143. The highest BCUT2D eigenvalue weighted by atomic mass is 32.2. The minimum atomic E-state index is -3.84. The van der Waals surface area contributed by atoms with E-state index in [1.807, 2.05) is 6.92 Å². The third-order valence-corrected chi connectivity index (χ3v) is 7.96. The molecule has 3 rings (SSSR count). The second-order valence-electron chi connectivity index (χ2n) is 6.42. The Morgan fingerprint density at radius 1 is 0.714 bits per heavy atom. The van der Waals surface area contributed by atoms with Gasteiger partial charge in [-0.1, -0.05) is 66.2 Å². The van der Waals surface area contributed by atoms with E-state index < -0.39 is 25.1 Å². The number of nitrogens with one attached hydrogen (secondary N) is 1. The molecule has 3 aromatic carbocycles. The molecule has 0 fully saturated rings. The molecule has 1 N–H and O–H groups in total. The predicted octanol–water partition coefficient (Wildman–Crippen LogP) is 3.49. The Hall–Kier alpha value is -2.48. The van der Waals surface area contributed by atoms with Gasteiger partial charge in [-0.05, 0) is 36.8 Å². The minimum Gasteiger partial charge on any atom is -0.223 e. The van der Waals surface area contributed by atoms with E-state index in [9.17, 15) is 16.8 Å². The van der Waals surface area contributed by atoms with E-state index in [0.29, 0.717) is 5.56 Å². The number of rotatable bonds is 7. The van der Waals surface area contributed by atoms with E-state index in [1.165, 1.54) is 24.3 Å². The van der Waals surface area contributed by atoms with Crippen molar-refractivity contribution in [2.75, 3.05) is 6.54 Å². The summed E-state index contributed by atoms with van der Waals surface area (Å²) in [5, 5.41) is -1.05. The van der Waals surface area contributed by atoms with Gasteiger partial charge >= 0.3 is 0 Å². The van der Waals surface area contributed by atoms with Gasteiger partial charge in [0, 0.05) is 6.54 Å². The van der Waals surface area contributed by atoms with Gasteiger partial charge in [-0.3, -0.25) is 0 Å². The maximum Gasteiger partial charge on any atom is 0.240 e. The molecule has 0 aromatic heterocycles. The van der Waals surface area contributed by atoms with E-state index in [0.717, 1.165) is 5.56 Å². The average molecular weight is 416 g/mol. The summed E-state index contributed by atoms with van der Waals surface area (Å²) >= 11 is 0. The second kappa shape index (κ2) is 8.26. The van der Waals surface area contributed by atoms with Gasteiger partial charge in [0.05, 0.1) is 9.79 Å². The average Bonchev–Trinajstić information content (AvgIpc) is 2.70. The summed E-state index contributed by atoms with van der Waals surface area (Å²) in [6.45, 7) is 1.60. The van der Waals surface area contributed by atoms with Crippen LogP contribution in [-0.4, -0.2) is 23.4 Å². The van der Waals surface area contributed by atoms with Crippen molar-refractivity contribution in [2.24, 2.45) is 0 Å². The monoisotopic (exact) mass is 415 g/mol. The highest BCUT2D eigenvalue weighted by molar-refractivity contribution is 7.92. The number of benzene rings is 3. The lowest BCUT2D eigenvalue weighted by molar-refractivity contribution is 0.568. The molecular formula is C21H21NO4S2. The number of hydrogen-bond donors (Lipinski definition) is 1. The van der Waals surface area contributed by atoms with Crippen LogP contribution in [0.25, 0.3) is 0 Å². The lowest BCUT2D eigenvalue weighted by Crippen LogP contribution is -2.32. The van der Waals surface area contributed by atoms with Gasteiger partial charge in [0.2, 0.25) is 10.0 Å². The molecule has 0 aliphatic rings. The fourth-order valence-electron chi connectivity index (χ4n) is 2.83. The number of sulfonamides is 1. The van der Waals surface area contributed by atoms with E-state index >= 15 is 0 Å². The van der Waals surface area contributed by atoms with Gasteiger partial charge in [-0.25, -0.2) is 21.6 Å². The molecule has 0 unspecified atom stereocenters. The lowest BCUT2D eigenvalue weighted by Gasteiger charge is -2.19. The molecule has 0 spiro atoms. The van der Waals surface area contributed by atoms with Crippen LogP contribution in [-0.2, 0) is 19.9 Å². The zero-order valence-corrected chi connectivity index (χ0v) is 16.9. The van der Waals surface area contributed by atoms with Crippen molar-refractivity contribution < 1.29 is 16.8 Å². The van der Waals surface area contributed by atoms with Crippen molar-refractivity contribution in [3.8, 4) is 0 Å².